The molecule has 8 nitrogen and oxygen atoms in total. The van der Waals surface area contributed by atoms with Crippen molar-refractivity contribution in [2.24, 2.45) is 9.50 Å². The van der Waals surface area contributed by atoms with Crippen LogP contribution in [0.5, 0.6) is 5.75 Å². The number of hydrogen-bond donors (Lipinski definition) is 1. The molecule has 9 heteroatoms. The maximum atomic E-state index is 12.5. The molecule has 2 aromatic rings. The van der Waals surface area contributed by atoms with Gasteiger partial charge in [0.25, 0.3) is 10.0 Å². The summed E-state index contributed by atoms with van der Waals surface area (Å²) in [6.07, 6.45) is 1.73. The number of benzene rings is 2. The van der Waals surface area contributed by atoms with Crippen molar-refractivity contribution in [1.29, 1.82) is 0 Å². The molecule has 2 aromatic carbocycles. The zero-order valence-electron chi connectivity index (χ0n) is 18.7. The third kappa shape index (κ3) is 5.94. The van der Waals surface area contributed by atoms with Gasteiger partial charge in [-0.15, -0.1) is 4.40 Å². The van der Waals surface area contributed by atoms with Crippen LogP contribution in [0.1, 0.15) is 45.2 Å². The lowest BCUT2D eigenvalue weighted by atomic mass is 10.1. The highest BCUT2D eigenvalue weighted by atomic mass is 32.2. The first-order chi connectivity index (χ1) is 15.1. The van der Waals surface area contributed by atoms with Gasteiger partial charge in [-0.3, -0.25) is 4.79 Å². The lowest BCUT2D eigenvalue weighted by molar-refractivity contribution is -0.122. The highest BCUT2D eigenvalue weighted by molar-refractivity contribution is 7.90. The summed E-state index contributed by atoms with van der Waals surface area (Å²) < 4.78 is 34.4. The minimum atomic E-state index is -3.81. The minimum Gasteiger partial charge on any atom is -0.494 e. The average molecular weight is 457 g/mol. The van der Waals surface area contributed by atoms with Gasteiger partial charge in [0.05, 0.1) is 19.4 Å². The number of sulfonamides is 1. The topological polar surface area (TPSA) is 100 Å². The molecular weight excluding hydrogens is 428 g/mol. The standard InChI is InChI=1S/C23H28N4O4S/c1-5-31-18-12-10-17(11-13-18)16-24-27(15-14-21(28)25-23(2,3)4)22-19-8-6-7-9-20(19)32(29,30)26-22/h6-13,16H,5,14-15H2,1-4H3,(H,25,28)/b24-16+. The Kier molecular flexibility index (Phi) is 6.98. The van der Waals surface area contributed by atoms with Crippen molar-refractivity contribution in [2.75, 3.05) is 13.2 Å². The quantitative estimate of drug-likeness (QED) is 0.509. The van der Waals surface area contributed by atoms with Crippen LogP contribution in [0.3, 0.4) is 0 Å². The van der Waals surface area contributed by atoms with Gasteiger partial charge in [-0.1, -0.05) is 12.1 Å². The van der Waals surface area contributed by atoms with Gasteiger partial charge in [-0.2, -0.15) is 13.5 Å². The molecular formula is C23H28N4O4S. The predicted molar refractivity (Wildman–Crippen MR) is 125 cm³/mol. The van der Waals surface area contributed by atoms with Crippen molar-refractivity contribution in [1.82, 2.24) is 10.3 Å². The van der Waals surface area contributed by atoms with E-state index in [4.69, 9.17) is 4.74 Å². The average Bonchev–Trinajstić information content (AvgIpc) is 2.99. The lowest BCUT2D eigenvalue weighted by Gasteiger charge is -2.22. The molecule has 0 atom stereocenters. The third-order valence-corrected chi connectivity index (χ3v) is 5.78. The maximum Gasteiger partial charge on any atom is 0.285 e. The molecule has 1 N–H and O–H groups in total. The summed E-state index contributed by atoms with van der Waals surface area (Å²) in [7, 11) is -3.81. The predicted octanol–water partition coefficient (Wildman–Crippen LogP) is 3.18. The van der Waals surface area contributed by atoms with Crippen LogP contribution < -0.4 is 10.1 Å². The second-order valence-corrected chi connectivity index (χ2v) is 9.88. The lowest BCUT2D eigenvalue weighted by Crippen LogP contribution is -2.42. The number of amidine groups is 1. The van der Waals surface area contributed by atoms with E-state index in [0.717, 1.165) is 11.3 Å². The number of nitrogens with one attached hydrogen (secondary N) is 1. The van der Waals surface area contributed by atoms with Gasteiger partial charge in [0, 0.05) is 17.5 Å². The molecule has 0 spiro atoms. The van der Waals surface area contributed by atoms with Crippen LogP contribution in [0, 0.1) is 0 Å². The Morgan fingerprint density at radius 1 is 1.16 bits per heavy atom. The Balaban J connectivity index is 1.87. The Morgan fingerprint density at radius 2 is 1.84 bits per heavy atom. The van der Waals surface area contributed by atoms with E-state index in [1.54, 1.807) is 24.4 Å². The highest BCUT2D eigenvalue weighted by Gasteiger charge is 2.32. The maximum absolute atomic E-state index is 12.5. The SMILES string of the molecule is CCOc1ccc(/C=N/N(CCC(=O)NC(C)(C)C)C2=NS(=O)(=O)c3ccccc32)cc1. The number of carbonyl (C=O) groups excluding carboxylic acids is 1. The molecule has 0 bridgehead atoms. The number of nitrogens with zero attached hydrogens (tertiary/aromatic N) is 3. The molecule has 0 aliphatic carbocycles. The van der Waals surface area contributed by atoms with Crippen LogP contribution >= 0.6 is 0 Å². The minimum absolute atomic E-state index is 0.124. The molecule has 1 heterocycles. The highest BCUT2D eigenvalue weighted by Crippen LogP contribution is 2.27. The van der Waals surface area contributed by atoms with E-state index in [0.29, 0.717) is 12.2 Å². The van der Waals surface area contributed by atoms with Crippen molar-refractivity contribution in [2.45, 2.75) is 44.6 Å². The Labute approximate surface area is 189 Å². The Morgan fingerprint density at radius 3 is 2.50 bits per heavy atom. The summed E-state index contributed by atoms with van der Waals surface area (Å²) in [6, 6.07) is 14.0. The van der Waals surface area contributed by atoms with Crippen LogP contribution in [0.25, 0.3) is 0 Å². The molecule has 0 fully saturated rings. The van der Waals surface area contributed by atoms with E-state index < -0.39 is 10.0 Å². The number of ether oxygens (including phenoxy) is 1. The second-order valence-electron chi connectivity index (χ2n) is 8.30. The fourth-order valence-electron chi connectivity index (χ4n) is 3.13. The fourth-order valence-corrected chi connectivity index (χ4v) is 4.34. The molecule has 0 radical (unpaired) electrons. The smallest absolute Gasteiger partial charge is 0.285 e. The Bertz CT molecular complexity index is 1130. The fraction of sp³-hybridized carbons (Fsp3) is 0.348. The van der Waals surface area contributed by atoms with Crippen LogP contribution in [0.2, 0.25) is 0 Å². The van der Waals surface area contributed by atoms with E-state index in [9.17, 15) is 13.2 Å². The number of fused-ring (bicyclic) bond motifs is 1. The van der Waals surface area contributed by atoms with Gasteiger partial charge in [-0.25, -0.2) is 5.01 Å². The third-order valence-electron chi connectivity index (χ3n) is 4.46. The molecule has 32 heavy (non-hydrogen) atoms. The molecule has 1 amide bonds. The first-order valence-corrected chi connectivity index (χ1v) is 11.8. The van der Waals surface area contributed by atoms with Gasteiger partial charge in [0.2, 0.25) is 5.91 Å². The van der Waals surface area contributed by atoms with Crippen LogP contribution in [-0.4, -0.2) is 50.1 Å². The summed E-state index contributed by atoms with van der Waals surface area (Å²) in [4.78, 5) is 12.5. The van der Waals surface area contributed by atoms with E-state index in [1.165, 1.54) is 11.1 Å². The van der Waals surface area contributed by atoms with E-state index >= 15 is 0 Å². The zero-order chi connectivity index (χ0) is 23.4. The van der Waals surface area contributed by atoms with Crippen molar-refractivity contribution in [3.63, 3.8) is 0 Å². The summed E-state index contributed by atoms with van der Waals surface area (Å²) in [5.74, 6) is 0.792. The largest absolute Gasteiger partial charge is 0.494 e. The van der Waals surface area contributed by atoms with Gasteiger partial charge >= 0.3 is 0 Å². The summed E-state index contributed by atoms with van der Waals surface area (Å²) in [5, 5.41) is 8.84. The molecule has 170 valence electrons. The number of hydrazone groups is 1. The van der Waals surface area contributed by atoms with E-state index in [1.807, 2.05) is 52.0 Å². The van der Waals surface area contributed by atoms with E-state index in [2.05, 4.69) is 14.8 Å². The van der Waals surface area contributed by atoms with Gasteiger partial charge in [0.15, 0.2) is 5.84 Å². The monoisotopic (exact) mass is 456 g/mol. The first-order valence-electron chi connectivity index (χ1n) is 10.4. The van der Waals surface area contributed by atoms with Crippen molar-refractivity contribution in [3.05, 3.63) is 59.7 Å². The molecule has 0 saturated carbocycles. The van der Waals surface area contributed by atoms with Crippen molar-refractivity contribution < 1.29 is 17.9 Å². The van der Waals surface area contributed by atoms with Gasteiger partial charge in [-0.05, 0) is 69.7 Å². The molecule has 0 unspecified atom stereocenters. The van der Waals surface area contributed by atoms with Gasteiger partial charge < -0.3 is 10.1 Å². The van der Waals surface area contributed by atoms with Crippen molar-refractivity contribution >= 4 is 28.0 Å². The van der Waals surface area contributed by atoms with Crippen LogP contribution in [0.15, 0.2) is 62.9 Å². The molecule has 3 rings (SSSR count). The zero-order valence-corrected chi connectivity index (χ0v) is 19.5. The van der Waals surface area contributed by atoms with Crippen LogP contribution in [-0.2, 0) is 14.8 Å². The number of hydrogen-bond acceptors (Lipinski definition) is 6. The number of amides is 1. The second kappa shape index (κ2) is 9.52. The first kappa shape index (κ1) is 23.5. The number of carbonyl (C=O) groups is 1. The summed E-state index contributed by atoms with van der Waals surface area (Å²) in [5.41, 5.74) is 0.897. The normalized spacial score (nSPS) is 14.7. The van der Waals surface area contributed by atoms with Crippen molar-refractivity contribution in [3.8, 4) is 5.75 Å². The molecule has 0 saturated heterocycles. The van der Waals surface area contributed by atoms with E-state index in [-0.39, 0.29) is 35.1 Å². The molecule has 1 aliphatic rings. The van der Waals surface area contributed by atoms with Gasteiger partial charge in [0.1, 0.15) is 10.6 Å². The number of rotatable bonds is 7. The molecule has 0 aromatic heterocycles. The van der Waals surface area contributed by atoms with Crippen LogP contribution in [0.4, 0.5) is 0 Å². The molecule has 1 aliphatic heterocycles. The Hall–Kier alpha value is -3.20. The summed E-state index contributed by atoms with van der Waals surface area (Å²) in [6.45, 7) is 8.35. The summed E-state index contributed by atoms with van der Waals surface area (Å²) >= 11 is 0.